The Labute approximate surface area is 374 Å². The highest BCUT2D eigenvalue weighted by Crippen LogP contribution is 2.41. The smallest absolute Gasteiger partial charge is 0.480 e. The molecule has 8 N–H and O–H groups in total. The number of ether oxygens (including phenoxy) is 1. The number of anilines is 1. The van der Waals surface area contributed by atoms with Crippen molar-refractivity contribution < 1.29 is 86.6 Å². The van der Waals surface area contributed by atoms with Crippen LogP contribution in [-0.2, 0) is 38.4 Å². The number of hydrogen-bond donors (Lipinski definition) is 8. The number of carbonyl (C=O) groups is 9. The first kappa shape index (κ1) is 51.2. The highest BCUT2D eigenvalue weighted by atomic mass is 32.2. The van der Waals surface area contributed by atoms with Gasteiger partial charge < -0.3 is 46.2 Å². The molecule has 2 aliphatic heterocycles. The molecule has 22 nitrogen and oxygen atoms in total. The minimum atomic E-state index is -4.92. The summed E-state index contributed by atoms with van der Waals surface area (Å²) in [5.41, 5.74) is 0.425. The van der Waals surface area contributed by atoms with Crippen LogP contribution in [0, 0.1) is 0 Å². The number of β-lactam (4-membered cyclic amide) rings is 1. The van der Waals surface area contributed by atoms with E-state index in [1.807, 2.05) is 0 Å². The number of hydrogen-bond acceptors (Lipinski definition) is 15. The lowest BCUT2D eigenvalue weighted by Gasteiger charge is -2.49. The van der Waals surface area contributed by atoms with Gasteiger partial charge in [-0.1, -0.05) is 0 Å². The predicted molar refractivity (Wildman–Crippen MR) is 221 cm³/mol. The van der Waals surface area contributed by atoms with Crippen LogP contribution in [0.5, 0.6) is 5.75 Å². The fraction of sp³-hybridized carbons (Fsp3) is 0.395. The second kappa shape index (κ2) is 23.5. The molecule has 0 aliphatic carbocycles. The monoisotopic (exact) mass is 957 g/mol. The number of halogens is 3. The Morgan fingerprint density at radius 2 is 1.26 bits per heavy atom. The van der Waals surface area contributed by atoms with Crippen LogP contribution >= 0.6 is 23.5 Å². The van der Waals surface area contributed by atoms with Gasteiger partial charge in [-0.05, 0) is 54.1 Å². The number of alkyl halides is 3. The summed E-state index contributed by atoms with van der Waals surface area (Å²) in [7, 11) is 0. The predicted octanol–water partition coefficient (Wildman–Crippen LogP) is 0.0288. The highest BCUT2D eigenvalue weighted by molar-refractivity contribution is 8.01. The number of aliphatic carboxylic acids is 5. The number of thioether (sulfide) groups is 2. The van der Waals surface area contributed by atoms with Gasteiger partial charge in [-0.2, -0.15) is 0 Å². The average Bonchev–Trinajstić information content (AvgIpc) is 3.20. The normalized spacial score (nSPS) is 15.8. The van der Waals surface area contributed by atoms with Crippen LogP contribution in [-0.4, -0.2) is 193 Å². The van der Waals surface area contributed by atoms with E-state index in [2.05, 4.69) is 20.7 Å². The minimum absolute atomic E-state index is 0.0613. The van der Waals surface area contributed by atoms with Gasteiger partial charge in [0.2, 0.25) is 11.8 Å². The third kappa shape index (κ3) is 16.6. The number of benzene rings is 2. The number of carbonyl (C=O) groups excluding carboxylic acids is 4. The van der Waals surface area contributed by atoms with Gasteiger partial charge in [0.05, 0.1) is 39.3 Å². The summed E-state index contributed by atoms with van der Waals surface area (Å²) < 4.78 is 40.9. The van der Waals surface area contributed by atoms with Crippen molar-refractivity contribution in [3.63, 3.8) is 0 Å². The molecule has 2 aromatic carbocycles. The Morgan fingerprint density at radius 3 is 1.78 bits per heavy atom. The second-order valence-electron chi connectivity index (χ2n) is 14.1. The zero-order chi connectivity index (χ0) is 48.0. The first-order valence-corrected chi connectivity index (χ1v) is 21.0. The molecule has 0 bridgehead atoms. The van der Waals surface area contributed by atoms with Crippen molar-refractivity contribution >= 4 is 82.7 Å². The van der Waals surface area contributed by atoms with E-state index in [0.717, 1.165) is 34.1 Å². The number of nitrogens with one attached hydrogen (secondary N) is 3. The van der Waals surface area contributed by atoms with Gasteiger partial charge >= 0.3 is 36.2 Å². The highest BCUT2D eigenvalue weighted by Gasteiger charge is 2.54. The molecule has 2 atom stereocenters. The molecule has 1 fully saturated rings. The maximum atomic E-state index is 13.1. The van der Waals surface area contributed by atoms with Crippen LogP contribution < -0.4 is 20.7 Å². The number of carboxylic acids is 5. The molecule has 2 aliphatic rings. The van der Waals surface area contributed by atoms with Crippen LogP contribution in [0.1, 0.15) is 10.4 Å². The Bertz CT molecular complexity index is 2150. The van der Waals surface area contributed by atoms with Crippen LogP contribution in [0.2, 0.25) is 0 Å². The molecule has 65 heavy (non-hydrogen) atoms. The minimum Gasteiger partial charge on any atom is -0.480 e. The van der Waals surface area contributed by atoms with E-state index in [9.17, 15) is 71.6 Å². The molecule has 2 heterocycles. The van der Waals surface area contributed by atoms with Gasteiger partial charge in [-0.25, -0.2) is 4.79 Å². The van der Waals surface area contributed by atoms with Gasteiger partial charge in [0, 0.05) is 53.8 Å². The molecule has 0 saturated carbocycles. The van der Waals surface area contributed by atoms with Crippen molar-refractivity contribution in [3.8, 4) is 5.75 Å². The standard InChI is InChI=1S/C38H42F3N7O15S2/c39-38(40,41)63-24-5-1-21(2-6-24)34(59)42-13-26(49)44-32-35(60)48-33(37(61)62)22(20-65-36(32)48)19-64-25-7-3-23(4-8-25)43-27(50)14-46(16-29(53)54)11-9-45(15-28(51)52)10-12-47(17-30(55)56)18-31(57)58/h1-8,32,36H,9-20H2,(H,42,59)(H,43,50)(H,44,49)(H,51,52)(H,53,54)(H,55,56)(H,57,58)(H,61,62)/t32-,36-/m1/s1. The lowest BCUT2D eigenvalue weighted by molar-refractivity contribution is -0.274. The summed E-state index contributed by atoms with van der Waals surface area (Å²) in [5, 5.41) is 53.6. The third-order valence-electron chi connectivity index (χ3n) is 9.14. The molecule has 1 saturated heterocycles. The summed E-state index contributed by atoms with van der Waals surface area (Å²) in [4.78, 5) is 114. The summed E-state index contributed by atoms with van der Waals surface area (Å²) in [6.45, 7) is -3.69. The first-order valence-electron chi connectivity index (χ1n) is 19.0. The Kier molecular flexibility index (Phi) is 18.5. The number of nitrogens with zero attached hydrogens (tertiary/aromatic N) is 4. The molecule has 4 rings (SSSR count). The quantitative estimate of drug-likeness (QED) is 0.0456. The van der Waals surface area contributed by atoms with Crippen LogP contribution in [0.25, 0.3) is 0 Å². The molecule has 0 radical (unpaired) electrons. The van der Waals surface area contributed by atoms with Gasteiger partial charge in [0.1, 0.15) is 22.9 Å². The van der Waals surface area contributed by atoms with Crippen LogP contribution in [0.15, 0.2) is 64.7 Å². The second-order valence-corrected chi connectivity index (χ2v) is 16.3. The third-order valence-corrected chi connectivity index (χ3v) is 11.6. The maximum absolute atomic E-state index is 13.1. The van der Waals surface area contributed by atoms with Crippen molar-refractivity contribution in [3.05, 3.63) is 65.4 Å². The van der Waals surface area contributed by atoms with E-state index in [0.29, 0.717) is 16.2 Å². The molecular formula is C38H42F3N7O15S2. The van der Waals surface area contributed by atoms with E-state index < -0.39 is 116 Å². The van der Waals surface area contributed by atoms with Crippen LogP contribution in [0.4, 0.5) is 18.9 Å². The Hall–Kier alpha value is -6.42. The van der Waals surface area contributed by atoms with E-state index in [4.69, 9.17) is 10.2 Å². The Morgan fingerprint density at radius 1 is 0.738 bits per heavy atom. The van der Waals surface area contributed by atoms with Gasteiger partial charge in [0.25, 0.3) is 11.8 Å². The molecular weight excluding hydrogens is 916 g/mol. The van der Waals surface area contributed by atoms with Crippen molar-refractivity contribution in [1.82, 2.24) is 30.2 Å². The fourth-order valence-corrected chi connectivity index (χ4v) is 8.71. The zero-order valence-corrected chi connectivity index (χ0v) is 35.4. The van der Waals surface area contributed by atoms with Crippen molar-refractivity contribution in [2.45, 2.75) is 22.7 Å². The topological polar surface area (TPSA) is 313 Å². The zero-order valence-electron chi connectivity index (χ0n) is 33.8. The number of carboxylic acid groups (broad SMARTS) is 5. The lowest BCUT2D eigenvalue weighted by Crippen LogP contribution is -2.71. The number of amides is 4. The van der Waals surface area contributed by atoms with E-state index in [-0.39, 0.29) is 48.9 Å². The summed E-state index contributed by atoms with van der Waals surface area (Å²) in [5.74, 6) is -9.55. The molecule has 27 heteroatoms. The molecule has 352 valence electrons. The van der Waals surface area contributed by atoms with E-state index in [1.54, 1.807) is 24.3 Å². The van der Waals surface area contributed by atoms with Crippen LogP contribution in [0.3, 0.4) is 0 Å². The maximum Gasteiger partial charge on any atom is 0.573 e. The average molecular weight is 958 g/mol. The van der Waals surface area contributed by atoms with Gasteiger partial charge in [-0.15, -0.1) is 36.7 Å². The SMILES string of the molecule is O=C(O)CN(CCN(CC(=O)O)CC(=O)O)CCN(CC(=O)O)CC(=O)Nc1ccc(SCC2=C(C(=O)O)N3C(=O)[C@@H](NC(=O)CNC(=O)c4ccc(OC(F)(F)F)cc4)[C@H]3SC2)cc1. The van der Waals surface area contributed by atoms with Crippen molar-refractivity contribution in [1.29, 1.82) is 0 Å². The largest absolute Gasteiger partial charge is 0.573 e. The van der Waals surface area contributed by atoms with E-state index in [1.165, 1.54) is 33.3 Å². The summed E-state index contributed by atoms with van der Waals surface area (Å²) in [6, 6.07) is 9.22. The fourth-order valence-electron chi connectivity index (χ4n) is 6.33. The summed E-state index contributed by atoms with van der Waals surface area (Å²) >= 11 is 2.44. The number of rotatable bonds is 26. The Balaban J connectivity index is 1.27. The lowest BCUT2D eigenvalue weighted by atomic mass is 10.0. The number of fused-ring (bicyclic) bond motifs is 1. The van der Waals surface area contributed by atoms with Crippen molar-refractivity contribution in [2.75, 3.05) is 82.3 Å². The van der Waals surface area contributed by atoms with Gasteiger partial charge in [0.15, 0.2) is 0 Å². The van der Waals surface area contributed by atoms with Crippen molar-refractivity contribution in [2.24, 2.45) is 0 Å². The molecule has 0 unspecified atom stereocenters. The molecule has 2 aromatic rings. The van der Waals surface area contributed by atoms with E-state index >= 15 is 0 Å². The summed E-state index contributed by atoms with van der Waals surface area (Å²) in [6.07, 6.45) is -4.92. The molecule has 4 amide bonds. The molecule has 0 aromatic heterocycles. The molecule has 0 spiro atoms. The van der Waals surface area contributed by atoms with Gasteiger partial charge in [-0.3, -0.25) is 58.0 Å². The first-order chi connectivity index (χ1) is 30.6.